The number of benzene rings is 4. The molecular formula is C39H46O5Si2. The van der Waals surface area contributed by atoms with Crippen molar-refractivity contribution in [3.8, 4) is 0 Å². The number of ether oxygens (including phenoxy) is 2. The highest BCUT2D eigenvalue weighted by Gasteiger charge is 2.57. The fourth-order valence-corrected chi connectivity index (χ4v) is 16.3. The van der Waals surface area contributed by atoms with E-state index in [-0.39, 0.29) is 16.7 Å². The van der Waals surface area contributed by atoms with Gasteiger partial charge in [-0.15, -0.1) is 0 Å². The lowest BCUT2D eigenvalue weighted by molar-refractivity contribution is -0.136. The molecule has 0 unspecified atom stereocenters. The van der Waals surface area contributed by atoms with Crippen molar-refractivity contribution in [2.24, 2.45) is 0 Å². The molecule has 0 aromatic heterocycles. The van der Waals surface area contributed by atoms with E-state index in [4.69, 9.17) is 18.3 Å². The first kappa shape index (κ1) is 33.6. The summed E-state index contributed by atoms with van der Waals surface area (Å²) in [7, 11) is -6.06. The van der Waals surface area contributed by atoms with Gasteiger partial charge in [0, 0.05) is 0 Å². The SMILES string of the molecule is CC(C)(C)[Si](O[C@H]1[C@H](O[Si](c2ccccc2)(c2ccccc2)C(C)(C)C)C=CO[C@@H]1COC=O)(c1ccccc1)c1ccccc1. The minimum Gasteiger partial charge on any atom is -0.492 e. The molecule has 0 N–H and O–H groups in total. The van der Waals surface area contributed by atoms with E-state index >= 15 is 0 Å². The van der Waals surface area contributed by atoms with Crippen LogP contribution in [-0.2, 0) is 23.1 Å². The lowest BCUT2D eigenvalue weighted by atomic mass is 10.1. The van der Waals surface area contributed by atoms with Gasteiger partial charge in [-0.2, -0.15) is 0 Å². The molecule has 5 rings (SSSR count). The van der Waals surface area contributed by atoms with Crippen LogP contribution in [0.25, 0.3) is 0 Å². The molecule has 1 heterocycles. The first-order valence-electron chi connectivity index (χ1n) is 16.0. The Labute approximate surface area is 276 Å². The molecule has 0 fully saturated rings. The molecule has 0 aliphatic carbocycles. The van der Waals surface area contributed by atoms with Gasteiger partial charge in [-0.1, -0.05) is 163 Å². The van der Waals surface area contributed by atoms with Gasteiger partial charge in [-0.25, -0.2) is 0 Å². The molecule has 4 aromatic carbocycles. The number of carbonyl (C=O) groups is 1. The van der Waals surface area contributed by atoms with Crippen LogP contribution in [0, 0.1) is 0 Å². The molecule has 240 valence electrons. The third kappa shape index (κ3) is 6.42. The Morgan fingerprint density at radius 1 is 0.609 bits per heavy atom. The van der Waals surface area contributed by atoms with Crippen molar-refractivity contribution in [1.82, 2.24) is 0 Å². The van der Waals surface area contributed by atoms with E-state index in [1.165, 1.54) is 10.4 Å². The highest BCUT2D eigenvalue weighted by molar-refractivity contribution is 7.00. The molecule has 7 heteroatoms. The van der Waals surface area contributed by atoms with Crippen molar-refractivity contribution >= 4 is 43.9 Å². The molecule has 0 radical (unpaired) electrons. The Bertz CT molecular complexity index is 1490. The summed E-state index contributed by atoms with van der Waals surface area (Å²) in [4.78, 5) is 11.5. The summed E-state index contributed by atoms with van der Waals surface area (Å²) >= 11 is 0. The number of rotatable bonds is 11. The summed E-state index contributed by atoms with van der Waals surface area (Å²) < 4.78 is 27.0. The van der Waals surface area contributed by atoms with Gasteiger partial charge in [0.25, 0.3) is 23.1 Å². The van der Waals surface area contributed by atoms with Crippen molar-refractivity contribution in [3.63, 3.8) is 0 Å². The van der Waals surface area contributed by atoms with Crippen LogP contribution in [0.15, 0.2) is 134 Å². The molecule has 1 aliphatic rings. The van der Waals surface area contributed by atoms with E-state index in [1.54, 1.807) is 6.26 Å². The fraction of sp³-hybridized carbons (Fsp3) is 0.308. The standard InChI is InChI=1S/C39H46O5Si2/c1-38(2,3)45(31-19-11-7-12-20-31,32-21-13-8-14-22-32)43-35-27-28-42-36(29-41-30-40)37(35)44-46(39(4,5)6,33-23-15-9-16-24-33)34-25-17-10-18-26-34/h7-28,30,35-37H,29H2,1-6H3/t35-,36-,37+/m1/s1. The summed E-state index contributed by atoms with van der Waals surface area (Å²) in [6, 6.07) is 42.3. The third-order valence-electron chi connectivity index (χ3n) is 9.00. The van der Waals surface area contributed by atoms with E-state index < -0.39 is 34.9 Å². The van der Waals surface area contributed by atoms with Gasteiger partial charge in [0.15, 0.2) is 6.10 Å². The Balaban J connectivity index is 1.73. The predicted molar refractivity (Wildman–Crippen MR) is 191 cm³/mol. The zero-order valence-corrected chi connectivity index (χ0v) is 29.8. The molecule has 1 aliphatic heterocycles. The van der Waals surface area contributed by atoms with E-state index in [0.717, 1.165) is 10.4 Å². The maximum Gasteiger partial charge on any atom is 0.293 e. The zero-order chi connectivity index (χ0) is 32.8. The predicted octanol–water partition coefficient (Wildman–Crippen LogP) is 5.96. The molecule has 3 atom stereocenters. The van der Waals surface area contributed by atoms with Gasteiger partial charge in [0.1, 0.15) is 12.7 Å². The highest BCUT2D eigenvalue weighted by atomic mass is 28.4. The molecule has 0 amide bonds. The third-order valence-corrected chi connectivity index (χ3v) is 19.1. The topological polar surface area (TPSA) is 54.0 Å². The van der Waals surface area contributed by atoms with Crippen LogP contribution < -0.4 is 20.7 Å². The van der Waals surface area contributed by atoms with Crippen LogP contribution in [0.4, 0.5) is 0 Å². The molecule has 0 spiro atoms. The average molecular weight is 651 g/mol. The van der Waals surface area contributed by atoms with Crippen molar-refractivity contribution in [2.75, 3.05) is 6.61 Å². The van der Waals surface area contributed by atoms with Gasteiger partial charge in [-0.05, 0) is 36.9 Å². The first-order chi connectivity index (χ1) is 22.0. The van der Waals surface area contributed by atoms with Gasteiger partial charge < -0.3 is 18.3 Å². The molecule has 46 heavy (non-hydrogen) atoms. The van der Waals surface area contributed by atoms with Crippen LogP contribution >= 0.6 is 0 Å². The van der Waals surface area contributed by atoms with Crippen molar-refractivity contribution < 1.29 is 23.1 Å². The minimum absolute atomic E-state index is 0.0390. The smallest absolute Gasteiger partial charge is 0.293 e. The Morgan fingerprint density at radius 3 is 1.33 bits per heavy atom. The molecule has 0 saturated carbocycles. The summed E-state index contributed by atoms with van der Waals surface area (Å²) in [5.74, 6) is 0. The lowest BCUT2D eigenvalue weighted by Gasteiger charge is -2.50. The number of hydrogen-bond acceptors (Lipinski definition) is 5. The zero-order valence-electron chi connectivity index (χ0n) is 27.8. The molecule has 5 nitrogen and oxygen atoms in total. The van der Waals surface area contributed by atoms with Crippen LogP contribution in [-0.4, -0.2) is 48.0 Å². The van der Waals surface area contributed by atoms with Crippen LogP contribution in [0.3, 0.4) is 0 Å². The molecular weight excluding hydrogens is 605 g/mol. The summed E-state index contributed by atoms with van der Waals surface area (Å²) in [5.41, 5.74) is 0. The van der Waals surface area contributed by atoms with Crippen molar-refractivity contribution in [3.05, 3.63) is 134 Å². The van der Waals surface area contributed by atoms with Crippen LogP contribution in [0.1, 0.15) is 41.5 Å². The second kappa shape index (κ2) is 13.9. The van der Waals surface area contributed by atoms with Gasteiger partial charge in [0.2, 0.25) is 0 Å². The second-order valence-electron chi connectivity index (χ2n) is 13.9. The summed E-state index contributed by atoms with van der Waals surface area (Å²) in [6.07, 6.45) is 2.01. The largest absolute Gasteiger partial charge is 0.492 e. The Hall–Kier alpha value is -3.76. The van der Waals surface area contributed by atoms with Crippen LogP contribution in [0.5, 0.6) is 0 Å². The Morgan fingerprint density at radius 2 is 0.978 bits per heavy atom. The monoisotopic (exact) mass is 650 g/mol. The van der Waals surface area contributed by atoms with E-state index in [1.807, 2.05) is 30.3 Å². The first-order valence-corrected chi connectivity index (χ1v) is 19.8. The van der Waals surface area contributed by atoms with E-state index in [2.05, 4.69) is 139 Å². The van der Waals surface area contributed by atoms with Gasteiger partial charge in [0.05, 0.1) is 12.4 Å². The number of carbonyl (C=O) groups excluding carboxylic acids is 1. The van der Waals surface area contributed by atoms with Crippen molar-refractivity contribution in [2.45, 2.75) is 69.9 Å². The Kier molecular flexibility index (Phi) is 10.2. The lowest BCUT2D eigenvalue weighted by Crippen LogP contribution is -2.72. The molecule has 0 bridgehead atoms. The maximum absolute atomic E-state index is 11.5. The van der Waals surface area contributed by atoms with Gasteiger partial charge >= 0.3 is 0 Å². The molecule has 0 saturated heterocycles. The van der Waals surface area contributed by atoms with Crippen LogP contribution in [0.2, 0.25) is 10.1 Å². The van der Waals surface area contributed by atoms with Crippen molar-refractivity contribution in [1.29, 1.82) is 0 Å². The summed E-state index contributed by atoms with van der Waals surface area (Å²) in [5, 5.41) is 4.13. The second-order valence-corrected chi connectivity index (χ2v) is 22.4. The summed E-state index contributed by atoms with van der Waals surface area (Å²) in [6.45, 7) is 14.1. The fourth-order valence-electron chi connectivity index (χ4n) is 6.93. The quantitative estimate of drug-likeness (QED) is 0.148. The maximum atomic E-state index is 11.5. The van der Waals surface area contributed by atoms with E-state index in [0.29, 0.717) is 6.47 Å². The van der Waals surface area contributed by atoms with Gasteiger partial charge in [-0.3, -0.25) is 4.79 Å². The van der Waals surface area contributed by atoms with E-state index in [9.17, 15) is 4.79 Å². The highest BCUT2D eigenvalue weighted by Crippen LogP contribution is 2.42. The normalized spacial score (nSPS) is 18.9. The average Bonchev–Trinajstić information content (AvgIpc) is 3.06. The minimum atomic E-state index is -3.06. The molecule has 4 aromatic rings. The number of hydrogen-bond donors (Lipinski definition) is 0.